The van der Waals surface area contributed by atoms with Gasteiger partial charge in [-0.3, -0.25) is 9.59 Å². The van der Waals surface area contributed by atoms with Gasteiger partial charge in [0.05, 0.1) is 19.8 Å². The molecule has 2 aliphatic heterocycles. The van der Waals surface area contributed by atoms with E-state index < -0.39 is 0 Å². The van der Waals surface area contributed by atoms with Crippen LogP contribution in [0.5, 0.6) is 11.5 Å². The van der Waals surface area contributed by atoms with Crippen LogP contribution in [0.15, 0.2) is 72.8 Å². The molecular weight excluding hydrogens is 520 g/mol. The number of hydrogen-bond acceptors (Lipinski definition) is 6. The standard InChI is InChI=1S/C33H36N2O6/c36-23-28-22-27(24-12-14-33(15-13-24)39-20-21-40-33)8-11-30(28)41-29-9-6-26(7-10-29)32(38)35-18-16-34(17-19-35)31(37)25-4-2-1-3-5-25/h1-11,22,24,36H,12-21,23H2. The number of aliphatic hydroxyl groups excluding tert-OH is 1. The lowest BCUT2D eigenvalue weighted by molar-refractivity contribution is -0.178. The average Bonchev–Trinajstić information content (AvgIpc) is 3.49. The first kappa shape index (κ1) is 27.4. The van der Waals surface area contributed by atoms with Crippen molar-refractivity contribution in [2.45, 2.75) is 44.0 Å². The number of carbonyl (C=O) groups excluding carboxylic acids is 2. The van der Waals surface area contributed by atoms with E-state index in [1.807, 2.05) is 42.5 Å². The number of aliphatic hydroxyl groups is 1. The van der Waals surface area contributed by atoms with Gasteiger partial charge in [-0.25, -0.2) is 0 Å². The summed E-state index contributed by atoms with van der Waals surface area (Å²) in [6, 6.07) is 22.3. The highest BCUT2D eigenvalue weighted by atomic mass is 16.7. The number of nitrogens with zero attached hydrogens (tertiary/aromatic N) is 2. The molecule has 41 heavy (non-hydrogen) atoms. The molecule has 0 bridgehead atoms. The highest BCUT2D eigenvalue weighted by Gasteiger charge is 2.40. The Bertz CT molecular complexity index is 1350. The van der Waals surface area contributed by atoms with E-state index in [0.717, 1.165) is 31.2 Å². The van der Waals surface area contributed by atoms with Crippen molar-refractivity contribution in [2.75, 3.05) is 39.4 Å². The van der Waals surface area contributed by atoms with Crippen LogP contribution in [0.4, 0.5) is 0 Å². The maximum atomic E-state index is 13.1. The van der Waals surface area contributed by atoms with Crippen molar-refractivity contribution in [3.63, 3.8) is 0 Å². The number of rotatable bonds is 6. The molecule has 3 aromatic carbocycles. The van der Waals surface area contributed by atoms with Crippen LogP contribution >= 0.6 is 0 Å². The molecule has 8 nitrogen and oxygen atoms in total. The second-order valence-corrected chi connectivity index (χ2v) is 11.0. The molecule has 0 unspecified atom stereocenters. The minimum absolute atomic E-state index is 0.00473. The van der Waals surface area contributed by atoms with Crippen molar-refractivity contribution in [1.82, 2.24) is 9.80 Å². The van der Waals surface area contributed by atoms with Crippen LogP contribution in [0, 0.1) is 0 Å². The lowest BCUT2D eigenvalue weighted by atomic mass is 9.80. The van der Waals surface area contributed by atoms with Crippen molar-refractivity contribution in [2.24, 2.45) is 0 Å². The van der Waals surface area contributed by atoms with Gasteiger partial charge in [-0.1, -0.05) is 24.3 Å². The summed E-state index contributed by atoms with van der Waals surface area (Å²) >= 11 is 0. The molecule has 6 rings (SSSR count). The predicted octanol–water partition coefficient (Wildman–Crippen LogP) is 4.97. The number of piperazine rings is 1. The van der Waals surface area contributed by atoms with E-state index in [-0.39, 0.29) is 24.2 Å². The molecule has 1 N–H and O–H groups in total. The largest absolute Gasteiger partial charge is 0.457 e. The Balaban J connectivity index is 1.04. The molecule has 0 aromatic heterocycles. The molecule has 8 heteroatoms. The van der Waals surface area contributed by atoms with Gasteiger partial charge in [0.15, 0.2) is 5.79 Å². The molecule has 0 atom stereocenters. The third kappa shape index (κ3) is 6.00. The van der Waals surface area contributed by atoms with E-state index in [1.165, 1.54) is 5.56 Å². The van der Waals surface area contributed by atoms with E-state index in [0.29, 0.717) is 67.9 Å². The Morgan fingerprint density at radius 1 is 0.805 bits per heavy atom. The minimum Gasteiger partial charge on any atom is -0.457 e. The van der Waals surface area contributed by atoms with Crippen molar-refractivity contribution >= 4 is 11.8 Å². The van der Waals surface area contributed by atoms with Crippen LogP contribution in [-0.2, 0) is 16.1 Å². The molecule has 3 aromatic rings. The third-order valence-corrected chi connectivity index (χ3v) is 8.49. The summed E-state index contributed by atoms with van der Waals surface area (Å²) < 4.78 is 17.8. The summed E-state index contributed by atoms with van der Waals surface area (Å²) in [5, 5.41) is 10.1. The molecule has 2 amide bonds. The smallest absolute Gasteiger partial charge is 0.253 e. The van der Waals surface area contributed by atoms with Gasteiger partial charge < -0.3 is 29.1 Å². The van der Waals surface area contributed by atoms with E-state index in [2.05, 4.69) is 6.07 Å². The van der Waals surface area contributed by atoms with Gasteiger partial charge >= 0.3 is 0 Å². The normalized spacial score (nSPS) is 19.0. The molecular formula is C33H36N2O6. The lowest BCUT2D eigenvalue weighted by Crippen LogP contribution is -2.50. The summed E-state index contributed by atoms with van der Waals surface area (Å²) in [4.78, 5) is 29.4. The van der Waals surface area contributed by atoms with Gasteiger partial charge in [0.2, 0.25) is 0 Å². The van der Waals surface area contributed by atoms with Gasteiger partial charge in [-0.15, -0.1) is 0 Å². The Kier molecular flexibility index (Phi) is 8.05. The highest BCUT2D eigenvalue weighted by Crippen LogP contribution is 2.43. The SMILES string of the molecule is O=C(c1ccccc1)N1CCN(C(=O)c2ccc(Oc3ccc(C4CCC5(CC4)OCCO5)cc3CO)cc2)CC1. The first-order chi connectivity index (χ1) is 20.0. The summed E-state index contributed by atoms with van der Waals surface area (Å²) in [6.45, 7) is 3.21. The second-order valence-electron chi connectivity index (χ2n) is 11.0. The zero-order valence-corrected chi connectivity index (χ0v) is 23.2. The van der Waals surface area contributed by atoms with Crippen LogP contribution in [0.2, 0.25) is 0 Å². The van der Waals surface area contributed by atoms with Crippen LogP contribution in [0.3, 0.4) is 0 Å². The zero-order chi connectivity index (χ0) is 28.2. The molecule has 1 aliphatic carbocycles. The minimum atomic E-state index is -0.386. The summed E-state index contributed by atoms with van der Waals surface area (Å²) in [6.07, 6.45) is 3.74. The monoisotopic (exact) mass is 556 g/mol. The molecule has 3 fully saturated rings. The quantitative estimate of drug-likeness (QED) is 0.461. The maximum Gasteiger partial charge on any atom is 0.253 e. The molecule has 2 heterocycles. The topological polar surface area (TPSA) is 88.5 Å². The number of carbonyl (C=O) groups is 2. The second kappa shape index (κ2) is 12.0. The Morgan fingerprint density at radius 2 is 1.39 bits per heavy atom. The van der Waals surface area contributed by atoms with Gasteiger partial charge in [0, 0.05) is 55.7 Å². The molecule has 214 valence electrons. The van der Waals surface area contributed by atoms with E-state index in [9.17, 15) is 14.7 Å². The molecule has 1 spiro atoms. The number of ether oxygens (including phenoxy) is 3. The Morgan fingerprint density at radius 3 is 1.98 bits per heavy atom. The van der Waals surface area contributed by atoms with Crippen LogP contribution < -0.4 is 4.74 Å². The van der Waals surface area contributed by atoms with Gasteiger partial charge in [-0.05, 0) is 72.9 Å². The first-order valence-corrected chi connectivity index (χ1v) is 14.5. The van der Waals surface area contributed by atoms with E-state index in [4.69, 9.17) is 14.2 Å². The average molecular weight is 557 g/mol. The molecule has 0 radical (unpaired) electrons. The van der Waals surface area contributed by atoms with Crippen LogP contribution in [-0.4, -0.2) is 71.9 Å². The van der Waals surface area contributed by atoms with Gasteiger partial charge in [0.25, 0.3) is 11.8 Å². The predicted molar refractivity (Wildman–Crippen MR) is 153 cm³/mol. The van der Waals surface area contributed by atoms with Gasteiger partial charge in [0.1, 0.15) is 11.5 Å². The number of benzene rings is 3. The fourth-order valence-corrected chi connectivity index (χ4v) is 6.10. The summed E-state index contributed by atoms with van der Waals surface area (Å²) in [7, 11) is 0. The van der Waals surface area contributed by atoms with E-state index >= 15 is 0 Å². The van der Waals surface area contributed by atoms with Crippen molar-refractivity contribution in [3.8, 4) is 11.5 Å². The number of hydrogen-bond donors (Lipinski definition) is 1. The maximum absolute atomic E-state index is 13.1. The van der Waals surface area contributed by atoms with Crippen molar-refractivity contribution < 1.29 is 28.9 Å². The van der Waals surface area contributed by atoms with Crippen molar-refractivity contribution in [1.29, 1.82) is 0 Å². The molecule has 3 aliphatic rings. The number of amides is 2. The van der Waals surface area contributed by atoms with E-state index in [1.54, 1.807) is 34.1 Å². The Labute approximate surface area is 240 Å². The fraction of sp³-hybridized carbons (Fsp3) is 0.394. The summed E-state index contributed by atoms with van der Waals surface area (Å²) in [5.74, 6) is 1.14. The lowest BCUT2D eigenvalue weighted by Gasteiger charge is -2.35. The van der Waals surface area contributed by atoms with Crippen molar-refractivity contribution in [3.05, 3.63) is 95.1 Å². The highest BCUT2D eigenvalue weighted by molar-refractivity contribution is 5.96. The fourth-order valence-electron chi connectivity index (χ4n) is 6.10. The third-order valence-electron chi connectivity index (χ3n) is 8.49. The molecule has 1 saturated carbocycles. The summed E-state index contributed by atoms with van der Waals surface area (Å²) in [5.41, 5.74) is 3.17. The Hall–Kier alpha value is -3.72. The zero-order valence-electron chi connectivity index (χ0n) is 23.2. The first-order valence-electron chi connectivity index (χ1n) is 14.5. The molecule has 2 saturated heterocycles. The van der Waals surface area contributed by atoms with Gasteiger partial charge in [-0.2, -0.15) is 0 Å². The van der Waals surface area contributed by atoms with Crippen LogP contribution in [0.25, 0.3) is 0 Å². The van der Waals surface area contributed by atoms with Crippen LogP contribution in [0.1, 0.15) is 63.4 Å².